The standard InChI is InChI=1S/C12H18O2.C7H14O/c1-7-3-4-9-5-10(13)6-11(14)12(9)8(7)2;1-5-7(3,4)6(2)8/h3-5,7-8,10-14H,6H2,1-2H3;5H2,1-4H3. The van der Waals surface area contributed by atoms with E-state index in [-0.39, 0.29) is 23.2 Å². The van der Waals surface area contributed by atoms with Crippen LogP contribution >= 0.6 is 0 Å². The second-order valence-electron chi connectivity index (χ2n) is 7.43. The lowest BCUT2D eigenvalue weighted by molar-refractivity contribution is -0.124. The van der Waals surface area contributed by atoms with Crippen LogP contribution in [-0.4, -0.2) is 28.2 Å². The van der Waals surface area contributed by atoms with Crippen LogP contribution in [0.5, 0.6) is 0 Å². The molecule has 126 valence electrons. The monoisotopic (exact) mass is 308 g/mol. The molecule has 5 atom stereocenters. The fourth-order valence-electron chi connectivity index (χ4n) is 2.85. The summed E-state index contributed by atoms with van der Waals surface area (Å²) < 4.78 is 0. The quantitative estimate of drug-likeness (QED) is 0.821. The van der Waals surface area contributed by atoms with Gasteiger partial charge in [0.2, 0.25) is 0 Å². The van der Waals surface area contributed by atoms with Crippen LogP contribution in [0.3, 0.4) is 0 Å². The lowest BCUT2D eigenvalue weighted by Crippen LogP contribution is -2.38. The maximum atomic E-state index is 10.7. The minimum absolute atomic E-state index is 0.0972. The first-order chi connectivity index (χ1) is 10.1. The Morgan fingerprint density at radius 2 is 1.91 bits per heavy atom. The van der Waals surface area contributed by atoms with Crippen molar-refractivity contribution in [3.8, 4) is 0 Å². The Morgan fingerprint density at radius 3 is 2.36 bits per heavy atom. The number of fused-ring (bicyclic) bond motifs is 1. The number of aliphatic hydroxyl groups excluding tert-OH is 2. The second kappa shape index (κ2) is 7.56. The van der Waals surface area contributed by atoms with Crippen LogP contribution in [0.15, 0.2) is 23.8 Å². The average molecular weight is 308 g/mol. The summed E-state index contributed by atoms with van der Waals surface area (Å²) >= 11 is 0. The first kappa shape index (κ1) is 19.1. The third-order valence-electron chi connectivity index (χ3n) is 5.49. The van der Waals surface area contributed by atoms with Crippen LogP contribution in [0.4, 0.5) is 0 Å². The number of carbonyl (C=O) groups excluding carboxylic acids is 1. The van der Waals surface area contributed by atoms with E-state index in [0.29, 0.717) is 18.3 Å². The van der Waals surface area contributed by atoms with Crippen molar-refractivity contribution in [3.63, 3.8) is 0 Å². The molecule has 3 heteroatoms. The van der Waals surface area contributed by atoms with Crippen molar-refractivity contribution < 1.29 is 15.0 Å². The fraction of sp³-hybridized carbons (Fsp3) is 0.737. The van der Waals surface area contributed by atoms with Crippen LogP contribution in [0.2, 0.25) is 0 Å². The lowest BCUT2D eigenvalue weighted by atomic mass is 9.69. The summed E-state index contributed by atoms with van der Waals surface area (Å²) in [5.74, 6) is 1.48. The van der Waals surface area contributed by atoms with Gasteiger partial charge >= 0.3 is 0 Å². The molecule has 0 spiro atoms. The van der Waals surface area contributed by atoms with Gasteiger partial charge in [-0.3, -0.25) is 4.79 Å². The van der Waals surface area contributed by atoms with Crippen LogP contribution in [-0.2, 0) is 4.79 Å². The van der Waals surface area contributed by atoms with E-state index in [9.17, 15) is 15.0 Å². The van der Waals surface area contributed by atoms with E-state index < -0.39 is 6.10 Å². The molecule has 2 rings (SSSR count). The molecule has 0 amide bonds. The summed E-state index contributed by atoms with van der Waals surface area (Å²) in [4.78, 5) is 10.7. The highest BCUT2D eigenvalue weighted by Gasteiger charge is 2.36. The van der Waals surface area contributed by atoms with Crippen molar-refractivity contribution in [3.05, 3.63) is 23.8 Å². The SMILES string of the molecule is CC1C=CC2=CC(O)CC(O)C2C1C.CCC(C)(C)C(C)=O. The molecule has 0 heterocycles. The van der Waals surface area contributed by atoms with E-state index in [1.54, 1.807) is 6.92 Å². The van der Waals surface area contributed by atoms with Gasteiger partial charge in [-0.2, -0.15) is 0 Å². The van der Waals surface area contributed by atoms with Crippen LogP contribution in [0, 0.1) is 23.2 Å². The van der Waals surface area contributed by atoms with E-state index in [2.05, 4.69) is 26.0 Å². The van der Waals surface area contributed by atoms with E-state index in [4.69, 9.17) is 0 Å². The Hall–Kier alpha value is -0.930. The maximum absolute atomic E-state index is 10.7. The third-order valence-corrected chi connectivity index (χ3v) is 5.49. The molecule has 0 bridgehead atoms. The van der Waals surface area contributed by atoms with Crippen LogP contribution < -0.4 is 0 Å². The molecule has 5 unspecified atom stereocenters. The van der Waals surface area contributed by atoms with E-state index >= 15 is 0 Å². The van der Waals surface area contributed by atoms with Gasteiger partial charge in [0.15, 0.2) is 0 Å². The highest BCUT2D eigenvalue weighted by atomic mass is 16.3. The normalized spacial score (nSPS) is 34.2. The predicted molar refractivity (Wildman–Crippen MR) is 90.4 cm³/mol. The van der Waals surface area contributed by atoms with Gasteiger partial charge in [0.25, 0.3) is 0 Å². The van der Waals surface area contributed by atoms with E-state index in [1.807, 2.05) is 26.8 Å². The van der Waals surface area contributed by atoms with Crippen LogP contribution in [0.25, 0.3) is 0 Å². The predicted octanol–water partition coefficient (Wildman–Crippen LogP) is 3.51. The zero-order chi connectivity index (χ0) is 17.1. The molecule has 2 aliphatic rings. The molecular formula is C19H32O3. The van der Waals surface area contributed by atoms with Crippen molar-refractivity contribution in [2.45, 2.75) is 66.6 Å². The molecule has 3 nitrogen and oxygen atoms in total. The summed E-state index contributed by atoms with van der Waals surface area (Å²) in [5, 5.41) is 19.4. The number of rotatable bonds is 2. The van der Waals surface area contributed by atoms with Gasteiger partial charge in [0, 0.05) is 17.8 Å². The molecule has 0 aromatic carbocycles. The zero-order valence-electron chi connectivity index (χ0n) is 14.8. The van der Waals surface area contributed by atoms with Gasteiger partial charge in [-0.25, -0.2) is 0 Å². The van der Waals surface area contributed by atoms with Gasteiger partial charge in [0.1, 0.15) is 5.78 Å². The number of aliphatic hydroxyl groups is 2. The Balaban J connectivity index is 0.000000261. The van der Waals surface area contributed by atoms with Gasteiger partial charge in [-0.15, -0.1) is 0 Å². The van der Waals surface area contributed by atoms with Gasteiger partial charge in [0.05, 0.1) is 12.2 Å². The fourth-order valence-corrected chi connectivity index (χ4v) is 2.85. The number of carbonyl (C=O) groups is 1. The van der Waals surface area contributed by atoms with Crippen molar-refractivity contribution in [2.24, 2.45) is 23.2 Å². The minimum atomic E-state index is -0.471. The third kappa shape index (κ3) is 4.53. The highest BCUT2D eigenvalue weighted by molar-refractivity contribution is 5.81. The molecule has 2 N–H and O–H groups in total. The largest absolute Gasteiger partial charge is 0.392 e. The summed E-state index contributed by atoms with van der Waals surface area (Å²) in [6, 6.07) is 0. The molecule has 22 heavy (non-hydrogen) atoms. The Bertz CT molecular complexity index is 448. The summed E-state index contributed by atoms with van der Waals surface area (Å²) in [5.41, 5.74) is 1.02. The molecule has 0 saturated carbocycles. The molecule has 0 fully saturated rings. The summed E-state index contributed by atoms with van der Waals surface area (Å²) in [6.07, 6.45) is 6.67. The summed E-state index contributed by atoms with van der Waals surface area (Å²) in [7, 11) is 0. The number of allylic oxidation sites excluding steroid dienone is 2. The molecule has 2 aliphatic carbocycles. The molecule has 0 aromatic rings. The Morgan fingerprint density at radius 1 is 1.32 bits per heavy atom. The molecule has 0 radical (unpaired) electrons. The Labute approximate surface area is 135 Å². The Kier molecular flexibility index (Phi) is 6.57. The molecule has 0 aliphatic heterocycles. The zero-order valence-corrected chi connectivity index (χ0v) is 14.8. The minimum Gasteiger partial charge on any atom is -0.392 e. The maximum Gasteiger partial charge on any atom is 0.135 e. The van der Waals surface area contributed by atoms with Crippen molar-refractivity contribution in [2.75, 3.05) is 0 Å². The smallest absolute Gasteiger partial charge is 0.135 e. The highest BCUT2D eigenvalue weighted by Crippen LogP contribution is 2.39. The number of hydrogen-bond acceptors (Lipinski definition) is 3. The molecule has 0 aromatic heterocycles. The van der Waals surface area contributed by atoms with Gasteiger partial charge in [-0.1, -0.05) is 52.8 Å². The number of ketones is 1. The first-order valence-electron chi connectivity index (χ1n) is 8.37. The van der Waals surface area contributed by atoms with Crippen molar-refractivity contribution >= 4 is 5.78 Å². The first-order valence-corrected chi connectivity index (χ1v) is 8.37. The average Bonchev–Trinajstić information content (AvgIpc) is 2.43. The lowest BCUT2D eigenvalue weighted by Gasteiger charge is -2.39. The van der Waals surface area contributed by atoms with Gasteiger partial charge in [-0.05, 0) is 30.8 Å². The number of Topliss-reactive ketones (excluding diaryl/α,β-unsaturated/α-hetero) is 1. The van der Waals surface area contributed by atoms with Crippen LogP contribution in [0.1, 0.15) is 54.4 Å². The van der Waals surface area contributed by atoms with Gasteiger partial charge < -0.3 is 10.2 Å². The van der Waals surface area contributed by atoms with E-state index in [1.165, 1.54) is 0 Å². The molecule has 0 saturated heterocycles. The second-order valence-corrected chi connectivity index (χ2v) is 7.43. The molecular weight excluding hydrogens is 276 g/mol. The topological polar surface area (TPSA) is 57.5 Å². The van der Waals surface area contributed by atoms with E-state index in [0.717, 1.165) is 12.0 Å². The number of hydrogen-bond donors (Lipinski definition) is 2. The summed E-state index contributed by atoms with van der Waals surface area (Å²) in [6.45, 7) is 12.0. The van der Waals surface area contributed by atoms with Crippen molar-refractivity contribution in [1.82, 2.24) is 0 Å². The van der Waals surface area contributed by atoms with Crippen molar-refractivity contribution in [1.29, 1.82) is 0 Å².